The average Bonchev–Trinajstić information content (AvgIpc) is 2.80. The maximum absolute atomic E-state index is 11.4. The van der Waals surface area contributed by atoms with Crippen molar-refractivity contribution < 1.29 is 9.53 Å². The largest absolute Gasteiger partial charge is 0.464 e. The van der Waals surface area contributed by atoms with Crippen LogP contribution in [-0.4, -0.2) is 27.8 Å². The predicted octanol–water partition coefficient (Wildman–Crippen LogP) is 0.508. The minimum atomic E-state index is -0.623. The van der Waals surface area contributed by atoms with Gasteiger partial charge in [-0.3, -0.25) is 0 Å². The van der Waals surface area contributed by atoms with Crippen LogP contribution in [0, 0.1) is 11.3 Å². The second-order valence-corrected chi connectivity index (χ2v) is 3.38. The van der Waals surface area contributed by atoms with Crippen LogP contribution in [0.4, 0.5) is 5.69 Å². The fraction of sp³-hybridized carbons (Fsp3) is 0.0909. The SMILES string of the molecule is COC(=O)c1nn(-c2cc(C#N)ccn2)cc1N. The molecule has 0 aromatic carbocycles. The fourth-order valence-corrected chi connectivity index (χ4v) is 1.37. The van der Waals surface area contributed by atoms with Crippen molar-refractivity contribution in [2.75, 3.05) is 12.8 Å². The quantitative estimate of drug-likeness (QED) is 0.770. The lowest BCUT2D eigenvalue weighted by atomic mass is 10.3. The molecule has 2 aromatic rings. The molecule has 0 atom stereocenters. The summed E-state index contributed by atoms with van der Waals surface area (Å²) in [6.07, 6.45) is 2.92. The lowest BCUT2D eigenvalue weighted by Crippen LogP contribution is -2.06. The zero-order chi connectivity index (χ0) is 13.1. The molecule has 2 rings (SSSR count). The fourth-order valence-electron chi connectivity index (χ4n) is 1.37. The van der Waals surface area contributed by atoms with Gasteiger partial charge in [0.05, 0.1) is 30.6 Å². The van der Waals surface area contributed by atoms with Crippen molar-refractivity contribution in [3.63, 3.8) is 0 Å². The Morgan fingerprint density at radius 2 is 2.39 bits per heavy atom. The van der Waals surface area contributed by atoms with E-state index in [-0.39, 0.29) is 11.4 Å². The Hall–Kier alpha value is -2.88. The van der Waals surface area contributed by atoms with Gasteiger partial charge in [-0.15, -0.1) is 0 Å². The highest BCUT2D eigenvalue weighted by atomic mass is 16.5. The highest BCUT2D eigenvalue weighted by Gasteiger charge is 2.16. The zero-order valence-corrected chi connectivity index (χ0v) is 9.49. The lowest BCUT2D eigenvalue weighted by molar-refractivity contribution is 0.0594. The monoisotopic (exact) mass is 243 g/mol. The van der Waals surface area contributed by atoms with E-state index in [9.17, 15) is 4.79 Å². The van der Waals surface area contributed by atoms with Crippen LogP contribution in [0.5, 0.6) is 0 Å². The van der Waals surface area contributed by atoms with Gasteiger partial charge in [0.2, 0.25) is 0 Å². The van der Waals surface area contributed by atoms with Gasteiger partial charge in [0.1, 0.15) is 0 Å². The number of nitrogens with zero attached hydrogens (tertiary/aromatic N) is 4. The number of pyridine rings is 1. The second-order valence-electron chi connectivity index (χ2n) is 3.38. The number of carbonyl (C=O) groups is 1. The molecule has 0 aliphatic rings. The summed E-state index contributed by atoms with van der Waals surface area (Å²) in [6.45, 7) is 0. The Bertz CT molecular complexity index is 641. The Morgan fingerprint density at radius 3 is 3.06 bits per heavy atom. The third kappa shape index (κ3) is 1.99. The van der Waals surface area contributed by atoms with E-state index < -0.39 is 5.97 Å². The van der Waals surface area contributed by atoms with Crippen molar-refractivity contribution in [3.8, 4) is 11.9 Å². The summed E-state index contributed by atoms with van der Waals surface area (Å²) in [6, 6.07) is 5.09. The molecule has 7 heteroatoms. The number of anilines is 1. The Balaban J connectivity index is 2.46. The first kappa shape index (κ1) is 11.6. The summed E-state index contributed by atoms with van der Waals surface area (Å²) >= 11 is 0. The molecule has 0 amide bonds. The summed E-state index contributed by atoms with van der Waals surface area (Å²) in [7, 11) is 1.25. The molecule has 0 aliphatic carbocycles. The molecule has 2 N–H and O–H groups in total. The van der Waals surface area contributed by atoms with Crippen molar-refractivity contribution in [3.05, 3.63) is 35.8 Å². The van der Waals surface area contributed by atoms with Gasteiger partial charge >= 0.3 is 5.97 Å². The highest BCUT2D eigenvalue weighted by molar-refractivity contribution is 5.92. The molecule has 0 bridgehead atoms. The molecule has 0 saturated heterocycles. The third-order valence-corrected chi connectivity index (χ3v) is 2.23. The minimum Gasteiger partial charge on any atom is -0.464 e. The normalized spacial score (nSPS) is 9.78. The van der Waals surface area contributed by atoms with Crippen LogP contribution in [0.2, 0.25) is 0 Å². The maximum atomic E-state index is 11.4. The molecule has 0 unspecified atom stereocenters. The number of nitriles is 1. The first-order chi connectivity index (χ1) is 8.65. The van der Waals surface area contributed by atoms with Crippen molar-refractivity contribution in [2.24, 2.45) is 0 Å². The standard InChI is InChI=1S/C11H9N5O2/c1-18-11(17)10-8(13)6-16(15-10)9-4-7(5-12)2-3-14-9/h2-4,6H,13H2,1H3. The number of esters is 1. The minimum absolute atomic E-state index is 0.0154. The molecular weight excluding hydrogens is 234 g/mol. The van der Waals surface area contributed by atoms with E-state index in [4.69, 9.17) is 11.0 Å². The summed E-state index contributed by atoms with van der Waals surface area (Å²) in [5, 5.41) is 12.8. The van der Waals surface area contributed by atoms with Crippen LogP contribution < -0.4 is 5.73 Å². The summed E-state index contributed by atoms with van der Waals surface area (Å²) in [5.74, 6) is -0.224. The van der Waals surface area contributed by atoms with Crippen molar-refractivity contribution >= 4 is 11.7 Å². The van der Waals surface area contributed by atoms with Gasteiger partial charge in [0, 0.05) is 12.3 Å². The van der Waals surface area contributed by atoms with Gasteiger partial charge in [-0.05, 0) is 6.07 Å². The molecule has 0 aliphatic heterocycles. The number of nitrogens with two attached hydrogens (primary N) is 1. The molecule has 90 valence electrons. The number of rotatable bonds is 2. The van der Waals surface area contributed by atoms with Gasteiger partial charge in [-0.1, -0.05) is 0 Å². The maximum Gasteiger partial charge on any atom is 0.360 e. The second kappa shape index (κ2) is 4.55. The van der Waals surface area contributed by atoms with Gasteiger partial charge in [0.15, 0.2) is 11.5 Å². The predicted molar refractivity (Wildman–Crippen MR) is 61.8 cm³/mol. The zero-order valence-electron chi connectivity index (χ0n) is 9.49. The summed E-state index contributed by atoms with van der Waals surface area (Å²) < 4.78 is 5.87. The number of aromatic nitrogens is 3. The van der Waals surface area contributed by atoms with E-state index in [2.05, 4.69) is 14.8 Å². The van der Waals surface area contributed by atoms with Crippen LogP contribution in [0.25, 0.3) is 5.82 Å². The van der Waals surface area contributed by atoms with Crippen LogP contribution in [0.15, 0.2) is 24.5 Å². The molecule has 18 heavy (non-hydrogen) atoms. The van der Waals surface area contributed by atoms with Crippen LogP contribution in [0.3, 0.4) is 0 Å². The number of hydrogen-bond acceptors (Lipinski definition) is 6. The van der Waals surface area contributed by atoms with Gasteiger partial charge in [-0.25, -0.2) is 14.5 Å². The third-order valence-electron chi connectivity index (χ3n) is 2.23. The molecule has 0 spiro atoms. The molecule has 0 radical (unpaired) electrons. The molecule has 0 saturated carbocycles. The van der Waals surface area contributed by atoms with Crippen molar-refractivity contribution in [1.29, 1.82) is 5.26 Å². The summed E-state index contributed by atoms with van der Waals surface area (Å²) in [4.78, 5) is 15.4. The Labute approximate surface area is 102 Å². The molecule has 2 heterocycles. The van der Waals surface area contributed by atoms with Crippen LogP contribution in [-0.2, 0) is 4.74 Å². The average molecular weight is 243 g/mol. The van der Waals surface area contributed by atoms with Crippen molar-refractivity contribution in [1.82, 2.24) is 14.8 Å². The van der Waals surface area contributed by atoms with Crippen LogP contribution >= 0.6 is 0 Å². The van der Waals surface area contributed by atoms with Gasteiger partial charge in [0.25, 0.3) is 0 Å². The van der Waals surface area contributed by atoms with E-state index in [1.165, 1.54) is 30.3 Å². The van der Waals surface area contributed by atoms with Crippen LogP contribution in [0.1, 0.15) is 16.1 Å². The smallest absolute Gasteiger partial charge is 0.360 e. The molecule has 2 aromatic heterocycles. The molecule has 7 nitrogen and oxygen atoms in total. The molecular formula is C11H9N5O2. The van der Waals surface area contributed by atoms with E-state index in [1.54, 1.807) is 6.07 Å². The van der Waals surface area contributed by atoms with E-state index in [0.29, 0.717) is 11.4 Å². The topological polar surface area (TPSA) is 107 Å². The number of carbonyl (C=O) groups excluding carboxylic acids is 1. The molecule has 0 fully saturated rings. The van der Waals surface area contributed by atoms with Gasteiger partial charge in [-0.2, -0.15) is 10.4 Å². The Kier molecular flexibility index (Phi) is 2.93. The number of methoxy groups -OCH3 is 1. The number of hydrogen-bond donors (Lipinski definition) is 1. The number of ether oxygens (including phenoxy) is 1. The highest BCUT2D eigenvalue weighted by Crippen LogP contribution is 2.14. The first-order valence-electron chi connectivity index (χ1n) is 4.95. The van der Waals surface area contributed by atoms with E-state index in [1.807, 2.05) is 6.07 Å². The lowest BCUT2D eigenvalue weighted by Gasteiger charge is -1.99. The van der Waals surface area contributed by atoms with Gasteiger partial charge < -0.3 is 10.5 Å². The van der Waals surface area contributed by atoms with E-state index >= 15 is 0 Å². The summed E-state index contributed by atoms with van der Waals surface area (Å²) in [5.41, 5.74) is 6.29. The number of nitrogen functional groups attached to an aromatic ring is 1. The van der Waals surface area contributed by atoms with E-state index in [0.717, 1.165) is 0 Å². The van der Waals surface area contributed by atoms with Crippen molar-refractivity contribution in [2.45, 2.75) is 0 Å². The first-order valence-corrected chi connectivity index (χ1v) is 4.95. The Morgan fingerprint density at radius 1 is 1.61 bits per heavy atom.